The van der Waals surface area contributed by atoms with Crippen molar-refractivity contribution in [2.75, 3.05) is 18.5 Å². The minimum Gasteiger partial charge on any atom is -0.370 e. The summed E-state index contributed by atoms with van der Waals surface area (Å²) >= 11 is 0. The van der Waals surface area contributed by atoms with Crippen LogP contribution in [0.5, 0.6) is 0 Å². The Morgan fingerprint density at radius 3 is 2.30 bits per heavy atom. The summed E-state index contributed by atoms with van der Waals surface area (Å²) in [5, 5.41) is 3.17. The van der Waals surface area contributed by atoms with E-state index in [-0.39, 0.29) is 5.69 Å². The van der Waals surface area contributed by atoms with E-state index >= 15 is 0 Å². The number of benzene rings is 1. The first-order valence-corrected chi connectivity index (χ1v) is 7.39. The summed E-state index contributed by atoms with van der Waals surface area (Å²) in [6.45, 7) is 5.23. The topological polar surface area (TPSA) is 15.3 Å². The summed E-state index contributed by atoms with van der Waals surface area (Å²) in [6, 6.07) is 3.16. The zero-order valence-electron chi connectivity index (χ0n) is 12.5. The molecule has 0 amide bonds. The number of halogens is 2. The first-order valence-electron chi connectivity index (χ1n) is 7.39. The Balaban J connectivity index is 2.08. The third-order valence-corrected chi connectivity index (χ3v) is 3.93. The highest BCUT2D eigenvalue weighted by Crippen LogP contribution is 2.30. The van der Waals surface area contributed by atoms with Crippen LogP contribution in [0, 0.1) is 17.6 Å². The molecule has 0 radical (unpaired) electrons. The minimum absolute atomic E-state index is 0.102. The maximum absolute atomic E-state index is 14.1. The fourth-order valence-electron chi connectivity index (χ4n) is 2.56. The third kappa shape index (κ3) is 3.69. The van der Waals surface area contributed by atoms with Gasteiger partial charge in [-0.1, -0.05) is 20.3 Å². The molecule has 112 valence electrons. The van der Waals surface area contributed by atoms with E-state index in [9.17, 15) is 8.78 Å². The van der Waals surface area contributed by atoms with Crippen LogP contribution >= 0.6 is 0 Å². The molecule has 4 heteroatoms. The molecule has 1 aromatic carbocycles. The van der Waals surface area contributed by atoms with Crippen molar-refractivity contribution in [3.63, 3.8) is 0 Å². The van der Waals surface area contributed by atoms with Crippen LogP contribution in [-0.2, 0) is 6.54 Å². The van der Waals surface area contributed by atoms with Gasteiger partial charge in [0.05, 0.1) is 0 Å². The van der Waals surface area contributed by atoms with E-state index in [2.05, 4.69) is 5.32 Å². The molecule has 0 aromatic heterocycles. The highest BCUT2D eigenvalue weighted by atomic mass is 19.1. The van der Waals surface area contributed by atoms with Gasteiger partial charge in [-0.3, -0.25) is 0 Å². The predicted octanol–water partition coefficient (Wildman–Crippen LogP) is 3.70. The minimum atomic E-state index is -0.465. The molecule has 1 fully saturated rings. The zero-order chi connectivity index (χ0) is 14.7. The van der Waals surface area contributed by atoms with Crippen molar-refractivity contribution in [1.82, 2.24) is 5.32 Å². The predicted molar refractivity (Wildman–Crippen MR) is 78.9 cm³/mol. The van der Waals surface area contributed by atoms with Gasteiger partial charge in [0.25, 0.3) is 0 Å². The third-order valence-electron chi connectivity index (χ3n) is 3.93. The van der Waals surface area contributed by atoms with E-state index in [1.807, 2.05) is 13.8 Å². The van der Waals surface area contributed by atoms with E-state index in [1.165, 1.54) is 31.4 Å². The standard InChI is InChI=1S/C16H24F2N2/c1-11(2)19-9-13-7-14(17)16(15(18)8-13)20(3)10-12-5-4-6-12/h7-8,11-12,19H,4-6,9-10H2,1-3H3. The van der Waals surface area contributed by atoms with E-state index < -0.39 is 11.6 Å². The van der Waals surface area contributed by atoms with Gasteiger partial charge in [0.2, 0.25) is 0 Å². The van der Waals surface area contributed by atoms with Gasteiger partial charge >= 0.3 is 0 Å². The number of hydrogen-bond donors (Lipinski definition) is 1. The van der Waals surface area contributed by atoms with Crippen LogP contribution in [0.1, 0.15) is 38.7 Å². The second-order valence-corrected chi connectivity index (χ2v) is 6.12. The van der Waals surface area contributed by atoms with E-state index in [4.69, 9.17) is 0 Å². The molecular formula is C16H24F2N2. The van der Waals surface area contributed by atoms with Gasteiger partial charge in [0, 0.05) is 26.2 Å². The monoisotopic (exact) mass is 282 g/mol. The lowest BCUT2D eigenvalue weighted by Crippen LogP contribution is -2.30. The van der Waals surface area contributed by atoms with Gasteiger partial charge in [-0.05, 0) is 36.5 Å². The molecule has 1 N–H and O–H groups in total. The van der Waals surface area contributed by atoms with Crippen molar-refractivity contribution in [3.8, 4) is 0 Å². The quantitative estimate of drug-likeness (QED) is 0.856. The molecule has 0 atom stereocenters. The molecule has 0 saturated heterocycles. The smallest absolute Gasteiger partial charge is 0.149 e. The molecule has 0 aliphatic heterocycles. The lowest BCUT2D eigenvalue weighted by atomic mass is 9.85. The van der Waals surface area contributed by atoms with Crippen LogP contribution < -0.4 is 10.2 Å². The van der Waals surface area contributed by atoms with Crippen LogP contribution in [0.15, 0.2) is 12.1 Å². The highest BCUT2D eigenvalue weighted by molar-refractivity contribution is 5.50. The summed E-state index contributed by atoms with van der Waals surface area (Å²) < 4.78 is 28.3. The van der Waals surface area contributed by atoms with Crippen molar-refractivity contribution in [1.29, 1.82) is 0 Å². The molecular weight excluding hydrogens is 258 g/mol. The Labute approximate surface area is 120 Å². The molecule has 0 heterocycles. The maximum Gasteiger partial charge on any atom is 0.149 e. The van der Waals surface area contributed by atoms with Crippen molar-refractivity contribution in [2.24, 2.45) is 5.92 Å². The Bertz CT molecular complexity index is 433. The fraction of sp³-hybridized carbons (Fsp3) is 0.625. The average molecular weight is 282 g/mol. The van der Waals surface area contributed by atoms with Crippen molar-refractivity contribution < 1.29 is 8.78 Å². The molecule has 1 aliphatic rings. The fourth-order valence-corrected chi connectivity index (χ4v) is 2.56. The molecule has 0 unspecified atom stereocenters. The largest absolute Gasteiger partial charge is 0.370 e. The molecule has 2 rings (SSSR count). The first-order chi connectivity index (χ1) is 9.47. The summed E-state index contributed by atoms with van der Waals surface area (Å²) in [5.74, 6) is -0.346. The molecule has 20 heavy (non-hydrogen) atoms. The van der Waals surface area contributed by atoms with Crippen LogP contribution in [0.25, 0.3) is 0 Å². The van der Waals surface area contributed by atoms with Crippen LogP contribution in [0.2, 0.25) is 0 Å². The maximum atomic E-state index is 14.1. The second-order valence-electron chi connectivity index (χ2n) is 6.12. The summed E-state index contributed by atoms with van der Waals surface area (Å²) in [7, 11) is 1.77. The van der Waals surface area contributed by atoms with E-state index in [0.717, 1.165) is 6.54 Å². The average Bonchev–Trinajstić information content (AvgIpc) is 2.30. The van der Waals surface area contributed by atoms with Gasteiger partial charge in [-0.15, -0.1) is 0 Å². The Morgan fingerprint density at radius 2 is 1.85 bits per heavy atom. The lowest BCUT2D eigenvalue weighted by molar-refractivity contribution is 0.320. The number of nitrogens with one attached hydrogen (secondary N) is 1. The van der Waals surface area contributed by atoms with E-state index in [1.54, 1.807) is 11.9 Å². The lowest BCUT2D eigenvalue weighted by Gasteiger charge is -2.31. The van der Waals surface area contributed by atoms with Gasteiger partial charge in [0.1, 0.15) is 17.3 Å². The summed E-state index contributed by atoms with van der Waals surface area (Å²) in [5.41, 5.74) is 0.750. The zero-order valence-corrected chi connectivity index (χ0v) is 12.5. The van der Waals surface area contributed by atoms with Gasteiger partial charge in [0.15, 0.2) is 0 Å². The van der Waals surface area contributed by atoms with Crippen molar-refractivity contribution in [3.05, 3.63) is 29.3 Å². The summed E-state index contributed by atoms with van der Waals surface area (Å²) in [4.78, 5) is 1.72. The van der Waals surface area contributed by atoms with Crippen LogP contribution in [0.4, 0.5) is 14.5 Å². The Morgan fingerprint density at radius 1 is 1.25 bits per heavy atom. The number of nitrogens with zero attached hydrogens (tertiary/aromatic N) is 1. The molecule has 0 bridgehead atoms. The molecule has 1 aromatic rings. The molecule has 0 spiro atoms. The molecule has 1 aliphatic carbocycles. The van der Waals surface area contributed by atoms with Gasteiger partial charge in [-0.25, -0.2) is 8.78 Å². The molecule has 1 saturated carbocycles. The second kappa shape index (κ2) is 6.53. The number of rotatable bonds is 6. The van der Waals surface area contributed by atoms with E-state index in [0.29, 0.717) is 24.1 Å². The SMILES string of the molecule is CC(C)NCc1cc(F)c(N(C)CC2CCC2)c(F)c1. The van der Waals surface area contributed by atoms with Crippen LogP contribution in [0.3, 0.4) is 0 Å². The highest BCUT2D eigenvalue weighted by Gasteiger charge is 2.22. The van der Waals surface area contributed by atoms with Crippen LogP contribution in [-0.4, -0.2) is 19.6 Å². The van der Waals surface area contributed by atoms with Crippen molar-refractivity contribution in [2.45, 2.75) is 45.7 Å². The molecule has 2 nitrogen and oxygen atoms in total. The number of anilines is 1. The Kier molecular flexibility index (Phi) is 4.97. The normalized spacial score (nSPS) is 15.5. The number of hydrogen-bond acceptors (Lipinski definition) is 2. The Hall–Kier alpha value is -1.16. The van der Waals surface area contributed by atoms with Gasteiger partial charge in [-0.2, -0.15) is 0 Å². The van der Waals surface area contributed by atoms with Gasteiger partial charge < -0.3 is 10.2 Å². The first kappa shape index (κ1) is 15.2. The van der Waals surface area contributed by atoms with Crippen molar-refractivity contribution >= 4 is 5.69 Å². The summed E-state index contributed by atoms with van der Waals surface area (Å²) in [6.07, 6.45) is 3.58.